The molecule has 0 bridgehead atoms. The van der Waals surface area contributed by atoms with Crippen LogP contribution in [0.2, 0.25) is 5.15 Å². The van der Waals surface area contributed by atoms with Gasteiger partial charge in [-0.1, -0.05) is 11.6 Å². The molecule has 0 fully saturated rings. The maximum absolute atomic E-state index is 5.93. The zero-order valence-corrected chi connectivity index (χ0v) is 9.36. The molecule has 0 aliphatic heterocycles. The average Bonchev–Trinajstić information content (AvgIpc) is 2.70. The van der Waals surface area contributed by atoms with Crippen LogP contribution >= 0.6 is 11.6 Å². The summed E-state index contributed by atoms with van der Waals surface area (Å²) in [6, 6.07) is 0. The van der Waals surface area contributed by atoms with E-state index in [1.807, 2.05) is 24.7 Å². The third-order valence-corrected chi connectivity index (χ3v) is 2.63. The van der Waals surface area contributed by atoms with Crippen molar-refractivity contribution < 1.29 is 0 Å². The summed E-state index contributed by atoms with van der Waals surface area (Å²) in [7, 11) is 0. The Bertz CT molecular complexity index is 478. The van der Waals surface area contributed by atoms with Crippen molar-refractivity contribution in [3.63, 3.8) is 0 Å². The third-order valence-electron chi connectivity index (χ3n) is 2.25. The molecule has 0 saturated heterocycles. The molecule has 0 atom stereocenters. The highest BCUT2D eigenvalue weighted by Gasteiger charge is 2.08. The number of hydrogen-bond acceptors (Lipinski definition) is 3. The summed E-state index contributed by atoms with van der Waals surface area (Å²) < 4.78 is 1.85. The molecule has 0 aliphatic rings. The third kappa shape index (κ3) is 1.85. The monoisotopic (exact) mass is 222 g/mol. The van der Waals surface area contributed by atoms with Crippen LogP contribution in [0.25, 0.3) is 11.3 Å². The first kappa shape index (κ1) is 10.1. The van der Waals surface area contributed by atoms with Crippen molar-refractivity contribution in [1.82, 2.24) is 19.7 Å². The van der Waals surface area contributed by atoms with E-state index in [9.17, 15) is 0 Å². The molecule has 0 N–H and O–H groups in total. The van der Waals surface area contributed by atoms with E-state index in [2.05, 4.69) is 15.1 Å². The van der Waals surface area contributed by atoms with Gasteiger partial charge in [0.15, 0.2) is 0 Å². The fraction of sp³-hybridized carbons (Fsp3) is 0.300. The van der Waals surface area contributed by atoms with E-state index in [4.69, 9.17) is 11.6 Å². The van der Waals surface area contributed by atoms with Crippen LogP contribution in [0, 0.1) is 6.92 Å². The largest absolute Gasteiger partial charge is 0.272 e. The zero-order valence-electron chi connectivity index (χ0n) is 8.61. The summed E-state index contributed by atoms with van der Waals surface area (Å²) in [4.78, 5) is 8.13. The van der Waals surface area contributed by atoms with Crippen LogP contribution in [-0.2, 0) is 6.54 Å². The van der Waals surface area contributed by atoms with Crippen molar-refractivity contribution in [3.05, 3.63) is 29.4 Å². The molecule has 2 aromatic rings. The van der Waals surface area contributed by atoms with Gasteiger partial charge in [0.05, 0.1) is 11.9 Å². The highest BCUT2D eigenvalue weighted by molar-refractivity contribution is 6.30. The van der Waals surface area contributed by atoms with E-state index < -0.39 is 0 Å². The molecule has 0 amide bonds. The van der Waals surface area contributed by atoms with Gasteiger partial charge in [0, 0.05) is 23.9 Å². The quantitative estimate of drug-likeness (QED) is 0.733. The van der Waals surface area contributed by atoms with Gasteiger partial charge in [-0.2, -0.15) is 5.10 Å². The highest BCUT2D eigenvalue weighted by Crippen LogP contribution is 2.23. The standard InChI is InChI=1S/C10H11ClN4/c1-3-15-5-8(4-14-15)9-7(2)10(11)13-6-12-9/h4-6H,3H2,1-2H3. The van der Waals surface area contributed by atoms with Crippen LogP contribution in [0.1, 0.15) is 12.5 Å². The summed E-state index contributed by atoms with van der Waals surface area (Å²) in [5.74, 6) is 0. The van der Waals surface area contributed by atoms with E-state index in [1.54, 1.807) is 6.20 Å². The molecule has 0 aliphatic carbocycles. The Morgan fingerprint density at radius 1 is 1.40 bits per heavy atom. The summed E-state index contributed by atoms with van der Waals surface area (Å²) in [6.45, 7) is 4.79. The fourth-order valence-electron chi connectivity index (χ4n) is 1.38. The van der Waals surface area contributed by atoms with E-state index in [-0.39, 0.29) is 0 Å². The first-order chi connectivity index (χ1) is 7.22. The second-order valence-corrected chi connectivity index (χ2v) is 3.58. The summed E-state index contributed by atoms with van der Waals surface area (Å²) in [5.41, 5.74) is 2.70. The molecule has 2 aromatic heterocycles. The predicted molar refractivity (Wildman–Crippen MR) is 58.7 cm³/mol. The molecule has 2 heterocycles. The lowest BCUT2D eigenvalue weighted by atomic mass is 10.1. The molecule has 0 saturated carbocycles. The molecular formula is C10H11ClN4. The van der Waals surface area contributed by atoms with Gasteiger partial charge in [0.2, 0.25) is 0 Å². The van der Waals surface area contributed by atoms with Crippen molar-refractivity contribution in [3.8, 4) is 11.3 Å². The average molecular weight is 223 g/mol. The second kappa shape index (κ2) is 3.98. The lowest BCUT2D eigenvalue weighted by molar-refractivity contribution is 0.660. The number of rotatable bonds is 2. The van der Waals surface area contributed by atoms with Gasteiger partial charge < -0.3 is 0 Å². The summed E-state index contributed by atoms with van der Waals surface area (Å²) in [6.07, 6.45) is 5.20. The molecule has 5 heteroatoms. The van der Waals surface area contributed by atoms with Gasteiger partial charge in [0.25, 0.3) is 0 Å². The van der Waals surface area contributed by atoms with E-state index in [0.717, 1.165) is 23.4 Å². The summed E-state index contributed by atoms with van der Waals surface area (Å²) in [5, 5.41) is 4.69. The SMILES string of the molecule is CCn1cc(-c2ncnc(Cl)c2C)cn1. The van der Waals surface area contributed by atoms with E-state index in [0.29, 0.717) is 5.15 Å². The van der Waals surface area contributed by atoms with Gasteiger partial charge >= 0.3 is 0 Å². The predicted octanol–water partition coefficient (Wildman–Crippen LogP) is 2.32. The van der Waals surface area contributed by atoms with Gasteiger partial charge in [0.1, 0.15) is 11.5 Å². The second-order valence-electron chi connectivity index (χ2n) is 3.22. The molecule has 0 unspecified atom stereocenters. The smallest absolute Gasteiger partial charge is 0.135 e. The number of aromatic nitrogens is 4. The Labute approximate surface area is 92.9 Å². The van der Waals surface area contributed by atoms with E-state index >= 15 is 0 Å². The van der Waals surface area contributed by atoms with Gasteiger partial charge in [-0.15, -0.1) is 0 Å². The number of halogens is 1. The molecule has 0 radical (unpaired) electrons. The van der Waals surface area contributed by atoms with Crippen LogP contribution in [-0.4, -0.2) is 19.7 Å². The van der Waals surface area contributed by atoms with E-state index in [1.165, 1.54) is 6.33 Å². The molecule has 0 aromatic carbocycles. The van der Waals surface area contributed by atoms with Crippen LogP contribution in [0.3, 0.4) is 0 Å². The molecule has 78 valence electrons. The fourth-order valence-corrected chi connectivity index (χ4v) is 1.51. The number of aryl methyl sites for hydroxylation is 1. The van der Waals surface area contributed by atoms with Gasteiger partial charge in [-0.3, -0.25) is 4.68 Å². The summed E-state index contributed by atoms with van der Waals surface area (Å²) >= 11 is 5.93. The van der Waals surface area contributed by atoms with Crippen LogP contribution in [0.4, 0.5) is 0 Å². The van der Waals surface area contributed by atoms with Crippen molar-refractivity contribution in [2.45, 2.75) is 20.4 Å². The Hall–Kier alpha value is -1.42. The van der Waals surface area contributed by atoms with Crippen LogP contribution in [0.15, 0.2) is 18.7 Å². The normalized spacial score (nSPS) is 10.6. The maximum Gasteiger partial charge on any atom is 0.135 e. The van der Waals surface area contributed by atoms with Crippen molar-refractivity contribution in [2.24, 2.45) is 0 Å². The lowest BCUT2D eigenvalue weighted by Gasteiger charge is -2.01. The van der Waals surface area contributed by atoms with Crippen LogP contribution < -0.4 is 0 Å². The first-order valence-corrected chi connectivity index (χ1v) is 5.10. The minimum absolute atomic E-state index is 0.490. The first-order valence-electron chi connectivity index (χ1n) is 4.72. The zero-order chi connectivity index (χ0) is 10.8. The Morgan fingerprint density at radius 3 is 2.87 bits per heavy atom. The topological polar surface area (TPSA) is 43.6 Å². The maximum atomic E-state index is 5.93. The lowest BCUT2D eigenvalue weighted by Crippen LogP contribution is -1.93. The minimum atomic E-state index is 0.490. The van der Waals surface area contributed by atoms with Gasteiger partial charge in [-0.05, 0) is 13.8 Å². The van der Waals surface area contributed by atoms with Crippen molar-refractivity contribution in [2.75, 3.05) is 0 Å². The molecule has 15 heavy (non-hydrogen) atoms. The Kier molecular flexibility index (Phi) is 2.68. The minimum Gasteiger partial charge on any atom is -0.272 e. The number of hydrogen-bond donors (Lipinski definition) is 0. The highest BCUT2D eigenvalue weighted by atomic mass is 35.5. The Morgan fingerprint density at radius 2 is 2.20 bits per heavy atom. The molecule has 2 rings (SSSR count). The van der Waals surface area contributed by atoms with Crippen LogP contribution in [0.5, 0.6) is 0 Å². The van der Waals surface area contributed by atoms with Crippen molar-refractivity contribution >= 4 is 11.6 Å². The van der Waals surface area contributed by atoms with Gasteiger partial charge in [-0.25, -0.2) is 9.97 Å². The number of nitrogens with zero attached hydrogens (tertiary/aromatic N) is 4. The molecular weight excluding hydrogens is 212 g/mol. The Balaban J connectivity index is 2.49. The molecule has 4 nitrogen and oxygen atoms in total. The molecule has 0 spiro atoms. The van der Waals surface area contributed by atoms with Crippen molar-refractivity contribution in [1.29, 1.82) is 0 Å².